The Kier molecular flexibility index (Phi) is 7.18. The topological polar surface area (TPSA) is 66.5 Å². The van der Waals surface area contributed by atoms with Gasteiger partial charge in [0.05, 0.1) is 16.9 Å². The summed E-state index contributed by atoms with van der Waals surface area (Å²) < 4.78 is 80.3. The van der Waals surface area contributed by atoms with E-state index in [1.807, 2.05) is 26.0 Å². The molecule has 0 bridgehead atoms. The van der Waals surface area contributed by atoms with Crippen LogP contribution >= 0.6 is 0 Å². The Hall–Kier alpha value is -3.24. The molecule has 1 aliphatic rings. The average molecular weight is 535 g/mol. The highest BCUT2D eigenvalue weighted by Crippen LogP contribution is 2.33. The van der Waals surface area contributed by atoms with E-state index in [1.54, 1.807) is 25.1 Å². The molecule has 0 saturated heterocycles. The minimum atomic E-state index is -4.81. The van der Waals surface area contributed by atoms with Crippen molar-refractivity contribution in [2.75, 3.05) is 11.9 Å². The molecule has 196 valence electrons. The number of aryl methyl sites for hydroxylation is 3. The molecule has 0 aromatic heterocycles. The molecule has 0 aliphatic carbocycles. The molecule has 3 aromatic carbocycles. The second-order valence-corrected chi connectivity index (χ2v) is 11.3. The molecule has 3 aromatic rings. The predicted molar refractivity (Wildman–Crippen MR) is 132 cm³/mol. The van der Waals surface area contributed by atoms with E-state index in [2.05, 4.69) is 5.32 Å². The van der Waals surface area contributed by atoms with Crippen LogP contribution in [0.5, 0.6) is 0 Å². The van der Waals surface area contributed by atoms with Gasteiger partial charge in [0.1, 0.15) is 5.82 Å². The van der Waals surface area contributed by atoms with Crippen LogP contribution in [0, 0.1) is 26.6 Å². The van der Waals surface area contributed by atoms with Gasteiger partial charge in [0.2, 0.25) is 15.9 Å². The van der Waals surface area contributed by atoms with Gasteiger partial charge in [0.15, 0.2) is 0 Å². The fourth-order valence-electron chi connectivity index (χ4n) is 4.62. The van der Waals surface area contributed by atoms with E-state index < -0.39 is 33.5 Å². The lowest BCUT2D eigenvalue weighted by Crippen LogP contribution is -2.36. The van der Waals surface area contributed by atoms with Crippen LogP contribution in [0.2, 0.25) is 0 Å². The SMILES string of the molecule is Cc1cc(C)cc(S(=O)(=O)N2CCc3c(ccc(C)c3NC(=O)Cc3ccc(C(F)(F)F)c(F)c3)C2)c1. The van der Waals surface area contributed by atoms with Crippen LogP contribution in [-0.4, -0.2) is 25.2 Å². The van der Waals surface area contributed by atoms with Gasteiger partial charge < -0.3 is 5.32 Å². The quantitative estimate of drug-likeness (QED) is 0.427. The Morgan fingerprint density at radius 3 is 2.30 bits per heavy atom. The fraction of sp³-hybridized carbons (Fsp3) is 0.296. The summed E-state index contributed by atoms with van der Waals surface area (Å²) >= 11 is 0. The third kappa shape index (κ3) is 5.70. The van der Waals surface area contributed by atoms with Gasteiger partial charge in [-0.15, -0.1) is 0 Å². The number of halogens is 4. The van der Waals surface area contributed by atoms with Crippen molar-refractivity contribution in [3.8, 4) is 0 Å². The van der Waals surface area contributed by atoms with Crippen molar-refractivity contribution in [2.45, 2.75) is 51.2 Å². The van der Waals surface area contributed by atoms with Crippen LogP contribution in [-0.2, 0) is 40.4 Å². The molecule has 1 heterocycles. The number of carbonyl (C=O) groups excluding carboxylic acids is 1. The molecule has 0 fully saturated rings. The van der Waals surface area contributed by atoms with Crippen LogP contribution < -0.4 is 5.32 Å². The van der Waals surface area contributed by atoms with Gasteiger partial charge >= 0.3 is 6.18 Å². The molecule has 0 spiro atoms. The summed E-state index contributed by atoms with van der Waals surface area (Å²) in [7, 11) is -3.72. The third-order valence-corrected chi connectivity index (χ3v) is 8.20. The number of nitrogens with one attached hydrogen (secondary N) is 1. The van der Waals surface area contributed by atoms with E-state index in [9.17, 15) is 30.8 Å². The van der Waals surface area contributed by atoms with Gasteiger partial charge in [-0.2, -0.15) is 17.5 Å². The van der Waals surface area contributed by atoms with Crippen molar-refractivity contribution in [2.24, 2.45) is 0 Å². The Bertz CT molecular complexity index is 1460. The first-order valence-corrected chi connectivity index (χ1v) is 13.0. The number of hydrogen-bond acceptors (Lipinski definition) is 3. The molecule has 1 N–H and O–H groups in total. The number of fused-ring (bicyclic) bond motifs is 1. The number of sulfonamides is 1. The van der Waals surface area contributed by atoms with E-state index in [-0.39, 0.29) is 30.0 Å². The second-order valence-electron chi connectivity index (χ2n) is 9.34. The van der Waals surface area contributed by atoms with Crippen molar-refractivity contribution in [3.05, 3.63) is 93.3 Å². The first-order chi connectivity index (χ1) is 17.3. The Morgan fingerprint density at radius 2 is 1.68 bits per heavy atom. The van der Waals surface area contributed by atoms with Crippen LogP contribution in [0.1, 0.15) is 38.9 Å². The highest BCUT2D eigenvalue weighted by atomic mass is 32.2. The van der Waals surface area contributed by atoms with Crippen LogP contribution in [0.15, 0.2) is 53.4 Å². The van der Waals surface area contributed by atoms with Gasteiger partial charge in [0.25, 0.3) is 0 Å². The standard InChI is InChI=1S/C27H26F4N2O3S/c1-16-10-17(2)12-21(11-16)37(35,36)33-9-8-22-20(15-33)6-4-18(3)26(22)32-25(34)14-19-5-7-23(24(28)13-19)27(29,30)31/h4-7,10-13H,8-9,14-15H2,1-3H3,(H,32,34). The number of amides is 1. The highest BCUT2D eigenvalue weighted by Gasteiger charge is 2.34. The van der Waals surface area contributed by atoms with Crippen molar-refractivity contribution in [1.29, 1.82) is 0 Å². The summed E-state index contributed by atoms with van der Waals surface area (Å²) in [5, 5.41) is 2.80. The number of anilines is 1. The van der Waals surface area contributed by atoms with Gasteiger partial charge in [0, 0.05) is 18.8 Å². The van der Waals surface area contributed by atoms with Gasteiger partial charge in [-0.05, 0) is 84.8 Å². The second kappa shape index (κ2) is 9.90. The van der Waals surface area contributed by atoms with E-state index in [4.69, 9.17) is 0 Å². The molecule has 0 atom stereocenters. The molecule has 4 rings (SSSR count). The molecule has 0 radical (unpaired) electrons. The minimum absolute atomic E-state index is 0.108. The maximum Gasteiger partial charge on any atom is 0.419 e. The summed E-state index contributed by atoms with van der Waals surface area (Å²) in [5.74, 6) is -1.95. The number of nitrogens with zero attached hydrogens (tertiary/aromatic N) is 1. The number of rotatable bonds is 5. The van der Waals surface area contributed by atoms with Gasteiger partial charge in [-0.3, -0.25) is 4.79 Å². The van der Waals surface area contributed by atoms with Crippen molar-refractivity contribution >= 4 is 21.6 Å². The van der Waals surface area contributed by atoms with Crippen molar-refractivity contribution in [3.63, 3.8) is 0 Å². The molecule has 5 nitrogen and oxygen atoms in total. The lowest BCUT2D eigenvalue weighted by atomic mass is 9.95. The van der Waals surface area contributed by atoms with E-state index in [0.29, 0.717) is 24.2 Å². The molecule has 1 aliphatic heterocycles. The fourth-order valence-corrected chi connectivity index (χ4v) is 6.23. The Morgan fingerprint density at radius 1 is 1.00 bits per heavy atom. The number of benzene rings is 3. The molecule has 1 amide bonds. The predicted octanol–water partition coefficient (Wildman–Crippen LogP) is 5.70. The van der Waals surface area contributed by atoms with Crippen LogP contribution in [0.3, 0.4) is 0 Å². The van der Waals surface area contributed by atoms with E-state index in [1.165, 1.54) is 4.31 Å². The molecular formula is C27H26F4N2O3S. The molecular weight excluding hydrogens is 508 g/mol. The zero-order valence-electron chi connectivity index (χ0n) is 20.5. The maximum atomic E-state index is 13.9. The molecule has 37 heavy (non-hydrogen) atoms. The molecule has 10 heteroatoms. The van der Waals surface area contributed by atoms with E-state index >= 15 is 0 Å². The number of hydrogen-bond donors (Lipinski definition) is 1. The molecule has 0 saturated carbocycles. The van der Waals surface area contributed by atoms with Crippen LogP contribution in [0.25, 0.3) is 0 Å². The van der Waals surface area contributed by atoms with Crippen molar-refractivity contribution < 1.29 is 30.8 Å². The lowest BCUT2D eigenvalue weighted by molar-refractivity contribution is -0.140. The summed E-state index contributed by atoms with van der Waals surface area (Å²) in [6.07, 6.45) is -4.76. The normalized spacial score (nSPS) is 14.4. The number of carbonyl (C=O) groups is 1. The average Bonchev–Trinajstić information content (AvgIpc) is 2.79. The highest BCUT2D eigenvalue weighted by molar-refractivity contribution is 7.89. The van der Waals surface area contributed by atoms with Gasteiger partial charge in [-0.1, -0.05) is 24.3 Å². The number of alkyl halides is 3. The monoisotopic (exact) mass is 534 g/mol. The summed E-state index contributed by atoms with van der Waals surface area (Å²) in [6, 6.07) is 11.2. The molecule has 0 unspecified atom stereocenters. The largest absolute Gasteiger partial charge is 0.419 e. The van der Waals surface area contributed by atoms with Gasteiger partial charge in [-0.25, -0.2) is 12.8 Å². The van der Waals surface area contributed by atoms with Crippen molar-refractivity contribution in [1.82, 2.24) is 4.31 Å². The third-order valence-electron chi connectivity index (χ3n) is 6.38. The van der Waals surface area contributed by atoms with Crippen LogP contribution in [0.4, 0.5) is 23.2 Å². The smallest absolute Gasteiger partial charge is 0.325 e. The Labute approximate surface area is 213 Å². The summed E-state index contributed by atoms with van der Waals surface area (Å²) in [6.45, 7) is 5.84. The minimum Gasteiger partial charge on any atom is -0.325 e. The summed E-state index contributed by atoms with van der Waals surface area (Å²) in [5.41, 5.74) is 3.28. The Balaban J connectivity index is 1.54. The lowest BCUT2D eigenvalue weighted by Gasteiger charge is -2.30. The zero-order valence-corrected chi connectivity index (χ0v) is 21.4. The van der Waals surface area contributed by atoms with E-state index in [0.717, 1.165) is 33.9 Å². The zero-order chi connectivity index (χ0) is 27.1. The summed E-state index contributed by atoms with van der Waals surface area (Å²) in [4.78, 5) is 13.0. The maximum absolute atomic E-state index is 13.9. The first kappa shape index (κ1) is 26.8. The first-order valence-electron chi connectivity index (χ1n) is 11.6.